The monoisotopic (exact) mass is 186 g/mol. The molecule has 0 saturated carbocycles. The molecule has 0 radical (unpaired) electrons. The Balaban J connectivity index is 2.86. The standard InChI is InChI=1S/C9H14O4/c1-6-4-7(11-2)9(12-3)8(5-6)13-10/h4-5,7,9-10H,1-3H3. The van der Waals surface area contributed by atoms with Gasteiger partial charge in [0.15, 0.2) is 5.76 Å². The van der Waals surface area contributed by atoms with Gasteiger partial charge in [-0.2, -0.15) is 0 Å². The van der Waals surface area contributed by atoms with Crippen LogP contribution in [0.2, 0.25) is 0 Å². The molecule has 0 fully saturated rings. The minimum atomic E-state index is -0.376. The molecule has 4 heteroatoms. The molecule has 0 aromatic rings. The van der Waals surface area contributed by atoms with Gasteiger partial charge >= 0.3 is 0 Å². The lowest BCUT2D eigenvalue weighted by Gasteiger charge is -2.26. The Morgan fingerprint density at radius 3 is 2.46 bits per heavy atom. The van der Waals surface area contributed by atoms with Crippen LogP contribution in [-0.4, -0.2) is 31.7 Å². The molecule has 13 heavy (non-hydrogen) atoms. The molecular weight excluding hydrogens is 172 g/mol. The lowest BCUT2D eigenvalue weighted by molar-refractivity contribution is -0.223. The summed E-state index contributed by atoms with van der Waals surface area (Å²) in [5, 5.41) is 8.59. The minimum Gasteiger partial charge on any atom is -0.374 e. The summed E-state index contributed by atoms with van der Waals surface area (Å²) in [4.78, 5) is 4.21. The summed E-state index contributed by atoms with van der Waals surface area (Å²) in [5.41, 5.74) is 0.976. The first-order valence-corrected chi connectivity index (χ1v) is 4.00. The van der Waals surface area contributed by atoms with E-state index in [1.165, 1.54) is 7.11 Å². The molecule has 0 saturated heterocycles. The zero-order valence-electron chi connectivity index (χ0n) is 7.98. The molecule has 0 heterocycles. The van der Waals surface area contributed by atoms with Crippen LogP contribution < -0.4 is 0 Å². The smallest absolute Gasteiger partial charge is 0.174 e. The summed E-state index contributed by atoms with van der Waals surface area (Å²) >= 11 is 0. The van der Waals surface area contributed by atoms with Crippen LogP contribution in [0.3, 0.4) is 0 Å². The van der Waals surface area contributed by atoms with Crippen molar-refractivity contribution in [1.29, 1.82) is 0 Å². The van der Waals surface area contributed by atoms with Crippen molar-refractivity contribution in [3.05, 3.63) is 23.5 Å². The second-order valence-electron chi connectivity index (χ2n) is 2.91. The lowest BCUT2D eigenvalue weighted by Crippen LogP contribution is -2.33. The van der Waals surface area contributed by atoms with Crippen molar-refractivity contribution in [3.63, 3.8) is 0 Å². The van der Waals surface area contributed by atoms with E-state index in [-0.39, 0.29) is 12.2 Å². The zero-order valence-corrected chi connectivity index (χ0v) is 7.98. The molecule has 2 atom stereocenters. The van der Waals surface area contributed by atoms with Crippen LogP contribution in [0, 0.1) is 0 Å². The highest BCUT2D eigenvalue weighted by molar-refractivity contribution is 5.29. The van der Waals surface area contributed by atoms with Gasteiger partial charge < -0.3 is 14.4 Å². The highest BCUT2D eigenvalue weighted by atomic mass is 17.1. The van der Waals surface area contributed by atoms with Crippen molar-refractivity contribution in [2.75, 3.05) is 14.2 Å². The summed E-state index contributed by atoms with van der Waals surface area (Å²) < 4.78 is 10.3. The second kappa shape index (κ2) is 4.41. The first-order chi connectivity index (χ1) is 6.22. The van der Waals surface area contributed by atoms with Crippen LogP contribution in [0.1, 0.15) is 6.92 Å². The third kappa shape index (κ3) is 2.09. The van der Waals surface area contributed by atoms with E-state index < -0.39 is 0 Å². The molecule has 74 valence electrons. The second-order valence-corrected chi connectivity index (χ2v) is 2.91. The van der Waals surface area contributed by atoms with Gasteiger partial charge in [-0.25, -0.2) is 5.26 Å². The van der Waals surface area contributed by atoms with Crippen LogP contribution in [0.5, 0.6) is 0 Å². The van der Waals surface area contributed by atoms with Crippen molar-refractivity contribution in [2.24, 2.45) is 0 Å². The molecule has 0 aliphatic heterocycles. The Morgan fingerprint density at radius 2 is 2.00 bits per heavy atom. The summed E-state index contributed by atoms with van der Waals surface area (Å²) in [6.45, 7) is 1.90. The summed E-state index contributed by atoms with van der Waals surface area (Å²) in [5.74, 6) is 0.370. The fourth-order valence-electron chi connectivity index (χ4n) is 1.38. The van der Waals surface area contributed by atoms with Gasteiger partial charge in [-0.15, -0.1) is 0 Å². The normalized spacial score (nSPS) is 28.0. The Hall–Kier alpha value is -0.840. The van der Waals surface area contributed by atoms with Gasteiger partial charge in [0, 0.05) is 14.2 Å². The number of hydrogen-bond donors (Lipinski definition) is 1. The summed E-state index contributed by atoms with van der Waals surface area (Å²) in [6.07, 6.45) is 3.04. The average molecular weight is 186 g/mol. The molecule has 0 aromatic carbocycles. The molecule has 1 N–H and O–H groups in total. The van der Waals surface area contributed by atoms with E-state index in [0.717, 1.165) is 5.57 Å². The molecule has 0 amide bonds. The molecule has 1 aliphatic carbocycles. The third-order valence-corrected chi connectivity index (χ3v) is 2.01. The van der Waals surface area contributed by atoms with Crippen molar-refractivity contribution < 1.29 is 19.6 Å². The zero-order chi connectivity index (χ0) is 9.84. The summed E-state index contributed by atoms with van der Waals surface area (Å²) in [6, 6.07) is 0. The van der Waals surface area contributed by atoms with Crippen LogP contribution in [0.4, 0.5) is 0 Å². The first kappa shape index (κ1) is 10.2. The molecule has 1 aliphatic rings. The number of ether oxygens (including phenoxy) is 2. The molecule has 4 nitrogen and oxygen atoms in total. The highest BCUT2D eigenvalue weighted by Crippen LogP contribution is 2.22. The number of hydrogen-bond acceptors (Lipinski definition) is 4. The maximum Gasteiger partial charge on any atom is 0.174 e. The number of rotatable bonds is 3. The van der Waals surface area contributed by atoms with Crippen molar-refractivity contribution in [1.82, 2.24) is 0 Å². The van der Waals surface area contributed by atoms with Gasteiger partial charge in [0.25, 0.3) is 0 Å². The minimum absolute atomic E-state index is 0.211. The van der Waals surface area contributed by atoms with E-state index in [0.29, 0.717) is 5.76 Å². The van der Waals surface area contributed by atoms with Crippen LogP contribution in [0.25, 0.3) is 0 Å². The van der Waals surface area contributed by atoms with E-state index in [1.807, 2.05) is 13.0 Å². The fourth-order valence-corrected chi connectivity index (χ4v) is 1.38. The van der Waals surface area contributed by atoms with Crippen molar-refractivity contribution >= 4 is 0 Å². The van der Waals surface area contributed by atoms with E-state index in [4.69, 9.17) is 14.7 Å². The average Bonchev–Trinajstić information content (AvgIpc) is 2.16. The molecule has 0 bridgehead atoms. The van der Waals surface area contributed by atoms with Gasteiger partial charge in [0.2, 0.25) is 0 Å². The Labute approximate surface area is 77.3 Å². The van der Waals surface area contributed by atoms with E-state index in [2.05, 4.69) is 4.89 Å². The Kier molecular flexibility index (Phi) is 3.48. The predicted molar refractivity (Wildman–Crippen MR) is 47.1 cm³/mol. The van der Waals surface area contributed by atoms with Gasteiger partial charge in [0.1, 0.15) is 12.2 Å². The van der Waals surface area contributed by atoms with Crippen molar-refractivity contribution in [2.45, 2.75) is 19.1 Å². The Bertz CT molecular complexity index is 232. The van der Waals surface area contributed by atoms with Gasteiger partial charge in [-0.3, -0.25) is 0 Å². The topological polar surface area (TPSA) is 47.9 Å². The maximum absolute atomic E-state index is 8.59. The van der Waals surface area contributed by atoms with Gasteiger partial charge in [-0.05, 0) is 24.6 Å². The largest absolute Gasteiger partial charge is 0.374 e. The SMILES string of the molecule is COC1C=C(C)C=C(OO)C1OC. The molecular formula is C9H14O4. The predicted octanol–water partition coefficient (Wildman–Crippen LogP) is 1.35. The Morgan fingerprint density at radius 1 is 1.31 bits per heavy atom. The van der Waals surface area contributed by atoms with Gasteiger partial charge in [-0.1, -0.05) is 0 Å². The van der Waals surface area contributed by atoms with Crippen LogP contribution >= 0.6 is 0 Å². The third-order valence-electron chi connectivity index (χ3n) is 2.01. The van der Waals surface area contributed by atoms with E-state index in [1.54, 1.807) is 13.2 Å². The number of allylic oxidation sites excluding steroid dienone is 2. The maximum atomic E-state index is 8.59. The van der Waals surface area contributed by atoms with Crippen molar-refractivity contribution in [3.8, 4) is 0 Å². The highest BCUT2D eigenvalue weighted by Gasteiger charge is 2.28. The van der Waals surface area contributed by atoms with E-state index >= 15 is 0 Å². The number of methoxy groups -OCH3 is 2. The molecule has 0 spiro atoms. The van der Waals surface area contributed by atoms with Crippen LogP contribution in [0.15, 0.2) is 23.5 Å². The summed E-state index contributed by atoms with van der Waals surface area (Å²) in [7, 11) is 3.12. The molecule has 0 aromatic heterocycles. The lowest BCUT2D eigenvalue weighted by atomic mass is 10.0. The van der Waals surface area contributed by atoms with E-state index in [9.17, 15) is 0 Å². The van der Waals surface area contributed by atoms with Crippen LogP contribution in [-0.2, 0) is 14.4 Å². The molecule has 2 unspecified atom stereocenters. The first-order valence-electron chi connectivity index (χ1n) is 4.00. The molecule has 1 rings (SSSR count). The van der Waals surface area contributed by atoms with Gasteiger partial charge in [0.05, 0.1) is 0 Å². The quantitative estimate of drug-likeness (QED) is 0.534. The fraction of sp³-hybridized carbons (Fsp3) is 0.556.